The number of aliphatic hydroxyl groups is 1. The third-order valence-corrected chi connectivity index (χ3v) is 5.27. The summed E-state index contributed by atoms with van der Waals surface area (Å²) in [5, 5.41) is 13.0. The Labute approximate surface area is 173 Å². The number of β-amino-alcohol motifs (C(OH)–C–C–N with tert-alkyl or cyclic N) is 1. The molecule has 1 aliphatic rings. The Morgan fingerprint density at radius 1 is 1.20 bits per heavy atom. The van der Waals surface area contributed by atoms with Crippen molar-refractivity contribution >= 4 is 28.4 Å². The fraction of sp³-hybridized carbons (Fsp3) is 0.263. The van der Waals surface area contributed by atoms with Crippen molar-refractivity contribution < 1.29 is 23.1 Å². The van der Waals surface area contributed by atoms with E-state index in [1.54, 1.807) is 0 Å². The summed E-state index contributed by atoms with van der Waals surface area (Å²) >= 11 is 1.02. The Balaban J connectivity index is 1.49. The van der Waals surface area contributed by atoms with Gasteiger partial charge in [-0.05, 0) is 12.1 Å². The first-order valence-electron chi connectivity index (χ1n) is 8.99. The van der Waals surface area contributed by atoms with Gasteiger partial charge >= 0.3 is 6.18 Å². The maximum Gasteiger partial charge on any atom is 0.417 e. The normalized spacial score (nSPS) is 19.1. The van der Waals surface area contributed by atoms with Gasteiger partial charge in [-0.15, -0.1) is 0 Å². The summed E-state index contributed by atoms with van der Waals surface area (Å²) in [6.45, 7) is 0.0852. The molecular formula is C19H16F3N5O2S. The highest BCUT2D eigenvalue weighted by molar-refractivity contribution is 7.10. The third-order valence-electron chi connectivity index (χ3n) is 4.64. The van der Waals surface area contributed by atoms with Crippen LogP contribution in [0.2, 0.25) is 0 Å². The first kappa shape index (κ1) is 20.2. The lowest BCUT2D eigenvalue weighted by atomic mass is 10.2. The lowest BCUT2D eigenvalue weighted by Crippen LogP contribution is -2.40. The van der Waals surface area contributed by atoms with E-state index in [1.165, 1.54) is 11.0 Å². The van der Waals surface area contributed by atoms with Crippen molar-refractivity contribution in [3.63, 3.8) is 0 Å². The highest BCUT2D eigenvalue weighted by Crippen LogP contribution is 2.31. The molecule has 2 N–H and O–H groups in total. The lowest BCUT2D eigenvalue weighted by Gasteiger charge is -2.24. The van der Waals surface area contributed by atoms with Crippen LogP contribution in [-0.4, -0.2) is 44.0 Å². The van der Waals surface area contributed by atoms with Gasteiger partial charge in [-0.3, -0.25) is 10.1 Å². The molecule has 0 aliphatic carbocycles. The SMILES string of the molecule is O=C(Nc1nc(-c2ccccc2)ns1)[C@@H]1C[C@@H](O)CN1c1ccc(C(F)(F)F)cn1. The van der Waals surface area contributed by atoms with E-state index in [0.29, 0.717) is 17.2 Å². The van der Waals surface area contributed by atoms with Crippen molar-refractivity contribution in [2.24, 2.45) is 0 Å². The van der Waals surface area contributed by atoms with Crippen LogP contribution in [0.25, 0.3) is 11.4 Å². The Kier molecular flexibility index (Phi) is 5.39. The molecular weight excluding hydrogens is 419 g/mol. The van der Waals surface area contributed by atoms with Crippen LogP contribution in [0.4, 0.5) is 24.1 Å². The lowest BCUT2D eigenvalue weighted by molar-refractivity contribution is -0.137. The number of aromatic nitrogens is 3. The van der Waals surface area contributed by atoms with Gasteiger partial charge in [0.25, 0.3) is 0 Å². The Hall–Kier alpha value is -3.05. The summed E-state index contributed by atoms with van der Waals surface area (Å²) in [6.07, 6.45) is -4.47. The van der Waals surface area contributed by atoms with Crippen molar-refractivity contribution in [2.75, 3.05) is 16.8 Å². The number of hydrogen-bond donors (Lipinski definition) is 2. The Bertz CT molecular complexity index is 1030. The van der Waals surface area contributed by atoms with E-state index in [9.17, 15) is 23.1 Å². The predicted molar refractivity (Wildman–Crippen MR) is 105 cm³/mol. The molecule has 2 atom stereocenters. The second-order valence-electron chi connectivity index (χ2n) is 6.74. The molecule has 30 heavy (non-hydrogen) atoms. The van der Waals surface area contributed by atoms with E-state index < -0.39 is 29.8 Å². The molecule has 11 heteroatoms. The molecule has 0 radical (unpaired) electrons. The highest BCUT2D eigenvalue weighted by Gasteiger charge is 2.38. The molecule has 1 fully saturated rings. The largest absolute Gasteiger partial charge is 0.417 e. The maximum absolute atomic E-state index is 12.8. The number of aliphatic hydroxyl groups excluding tert-OH is 1. The average Bonchev–Trinajstić information content (AvgIpc) is 3.35. The van der Waals surface area contributed by atoms with Gasteiger partial charge in [0.1, 0.15) is 11.9 Å². The number of rotatable bonds is 4. The molecule has 0 bridgehead atoms. The summed E-state index contributed by atoms with van der Waals surface area (Å²) in [4.78, 5) is 22.4. The monoisotopic (exact) mass is 435 g/mol. The van der Waals surface area contributed by atoms with Gasteiger partial charge in [-0.2, -0.15) is 22.5 Å². The van der Waals surface area contributed by atoms with Gasteiger partial charge in [0.15, 0.2) is 5.82 Å². The molecule has 3 heterocycles. The first-order chi connectivity index (χ1) is 14.3. The molecule has 7 nitrogen and oxygen atoms in total. The number of amides is 1. The fourth-order valence-corrected chi connectivity index (χ4v) is 3.80. The average molecular weight is 435 g/mol. The number of carbonyl (C=O) groups excluding carboxylic acids is 1. The quantitative estimate of drug-likeness (QED) is 0.654. The summed E-state index contributed by atoms with van der Waals surface area (Å²) in [5.41, 5.74) is -0.0737. The molecule has 1 aromatic carbocycles. The third kappa shape index (κ3) is 4.26. The molecule has 1 amide bonds. The van der Waals surface area contributed by atoms with E-state index in [-0.39, 0.29) is 18.8 Å². The molecule has 2 aromatic heterocycles. The van der Waals surface area contributed by atoms with E-state index >= 15 is 0 Å². The second-order valence-corrected chi connectivity index (χ2v) is 7.49. The van der Waals surface area contributed by atoms with Crippen molar-refractivity contribution in [1.82, 2.24) is 14.3 Å². The van der Waals surface area contributed by atoms with Crippen LogP contribution in [0, 0.1) is 0 Å². The number of nitrogens with zero attached hydrogens (tertiary/aromatic N) is 4. The van der Waals surface area contributed by atoms with Crippen molar-refractivity contribution in [3.05, 3.63) is 54.2 Å². The van der Waals surface area contributed by atoms with Gasteiger partial charge in [-0.25, -0.2) is 4.98 Å². The first-order valence-corrected chi connectivity index (χ1v) is 9.76. The van der Waals surface area contributed by atoms with Gasteiger partial charge in [0, 0.05) is 36.3 Å². The van der Waals surface area contributed by atoms with Crippen LogP contribution in [-0.2, 0) is 11.0 Å². The molecule has 1 aliphatic heterocycles. The second kappa shape index (κ2) is 8.00. The predicted octanol–water partition coefficient (Wildman–Crippen LogP) is 3.20. The summed E-state index contributed by atoms with van der Waals surface area (Å²) in [5.74, 6) is 0.217. The number of nitrogens with one attached hydrogen (secondary N) is 1. The van der Waals surface area contributed by atoms with Crippen LogP contribution in [0.5, 0.6) is 0 Å². The van der Waals surface area contributed by atoms with E-state index in [1.807, 2.05) is 30.3 Å². The molecule has 0 spiro atoms. The maximum atomic E-state index is 12.8. The van der Waals surface area contributed by atoms with Gasteiger partial charge in [0.2, 0.25) is 11.0 Å². The van der Waals surface area contributed by atoms with Crippen LogP contribution in [0.1, 0.15) is 12.0 Å². The van der Waals surface area contributed by atoms with Crippen LogP contribution in [0.3, 0.4) is 0 Å². The Morgan fingerprint density at radius 2 is 1.97 bits per heavy atom. The number of carbonyl (C=O) groups is 1. The van der Waals surface area contributed by atoms with Crippen LogP contribution in [0.15, 0.2) is 48.7 Å². The number of hydrogen-bond acceptors (Lipinski definition) is 7. The topological polar surface area (TPSA) is 91.2 Å². The minimum absolute atomic E-state index is 0.0852. The highest BCUT2D eigenvalue weighted by atomic mass is 32.1. The summed E-state index contributed by atoms with van der Waals surface area (Å²) in [7, 11) is 0. The van der Waals surface area contributed by atoms with Crippen LogP contribution >= 0.6 is 11.5 Å². The molecule has 4 rings (SSSR count). The van der Waals surface area contributed by atoms with E-state index in [0.717, 1.165) is 23.2 Å². The Morgan fingerprint density at radius 3 is 2.63 bits per heavy atom. The van der Waals surface area contributed by atoms with Gasteiger partial charge in [-0.1, -0.05) is 30.3 Å². The van der Waals surface area contributed by atoms with Crippen LogP contribution < -0.4 is 10.2 Å². The zero-order chi connectivity index (χ0) is 21.3. The van der Waals surface area contributed by atoms with Gasteiger partial charge in [0.05, 0.1) is 11.7 Å². The number of benzene rings is 1. The molecule has 3 aromatic rings. The number of halogens is 3. The van der Waals surface area contributed by atoms with E-state index in [2.05, 4.69) is 19.7 Å². The van der Waals surface area contributed by atoms with Gasteiger partial charge < -0.3 is 10.0 Å². The zero-order valence-corrected chi connectivity index (χ0v) is 16.2. The summed E-state index contributed by atoms with van der Waals surface area (Å²) in [6, 6.07) is 10.6. The van der Waals surface area contributed by atoms with Crippen molar-refractivity contribution in [1.29, 1.82) is 0 Å². The van der Waals surface area contributed by atoms with Crippen molar-refractivity contribution in [3.8, 4) is 11.4 Å². The van der Waals surface area contributed by atoms with E-state index in [4.69, 9.17) is 0 Å². The minimum atomic E-state index is -4.50. The molecule has 1 saturated heterocycles. The standard InChI is InChI=1S/C19H16F3N5O2S/c20-19(21,22)12-6-7-15(23-9-12)27-10-13(28)8-14(27)17(29)25-18-24-16(26-30-18)11-4-2-1-3-5-11/h1-7,9,13-14,28H,8,10H2,(H,24,25,26,29)/t13-,14+/m1/s1. The smallest absolute Gasteiger partial charge is 0.391 e. The number of anilines is 2. The zero-order valence-electron chi connectivity index (χ0n) is 15.4. The molecule has 156 valence electrons. The minimum Gasteiger partial charge on any atom is -0.391 e. The number of pyridine rings is 1. The number of alkyl halides is 3. The molecule has 0 saturated carbocycles. The fourth-order valence-electron chi connectivity index (χ4n) is 3.21. The molecule has 0 unspecified atom stereocenters. The van der Waals surface area contributed by atoms with Crippen molar-refractivity contribution in [2.45, 2.75) is 24.7 Å². The summed E-state index contributed by atoms with van der Waals surface area (Å²) < 4.78 is 42.5.